The predicted molar refractivity (Wildman–Crippen MR) is 119 cm³/mol. The molecular weight excluding hydrogens is 376 g/mol. The predicted octanol–water partition coefficient (Wildman–Crippen LogP) is 6.19. The maximum atomic E-state index is 12.8. The molecule has 0 saturated heterocycles. The molecule has 1 aromatic heterocycles. The first-order valence-corrected chi connectivity index (χ1v) is 9.92. The first-order chi connectivity index (χ1) is 14.5. The highest BCUT2D eigenvalue weighted by Crippen LogP contribution is 2.30. The van der Waals surface area contributed by atoms with Crippen LogP contribution in [0.3, 0.4) is 0 Å². The van der Waals surface area contributed by atoms with Crippen molar-refractivity contribution in [2.45, 2.75) is 26.7 Å². The van der Waals surface area contributed by atoms with Crippen LogP contribution in [0, 0.1) is 6.92 Å². The molecule has 1 N–H and O–H groups in total. The largest absolute Gasteiger partial charge is 0.496 e. The lowest BCUT2D eigenvalue weighted by molar-refractivity contribution is 0.102. The number of fused-ring (bicyclic) bond motifs is 1. The first kappa shape index (κ1) is 19.7. The standard InChI is InChI=1S/C25H24N2O3/c1-15(2)17-11-12-23-21(13-17)27-25(30-23)18-10-9-16(3)20(14-18)26-24(28)19-7-5-6-8-22(19)29-4/h5-15H,1-4H3,(H,26,28). The Labute approximate surface area is 175 Å². The molecule has 152 valence electrons. The first-order valence-electron chi connectivity index (χ1n) is 9.92. The Morgan fingerprint density at radius 2 is 1.87 bits per heavy atom. The van der Waals surface area contributed by atoms with Gasteiger partial charge in [0.2, 0.25) is 5.89 Å². The molecule has 4 rings (SSSR count). The van der Waals surface area contributed by atoms with E-state index in [4.69, 9.17) is 9.15 Å². The number of hydrogen-bond donors (Lipinski definition) is 1. The van der Waals surface area contributed by atoms with Crippen molar-refractivity contribution in [2.75, 3.05) is 12.4 Å². The lowest BCUT2D eigenvalue weighted by Gasteiger charge is -2.11. The van der Waals surface area contributed by atoms with Gasteiger partial charge in [0.05, 0.1) is 12.7 Å². The second-order valence-electron chi connectivity index (χ2n) is 7.58. The number of benzene rings is 3. The summed E-state index contributed by atoms with van der Waals surface area (Å²) in [6, 6.07) is 19.0. The van der Waals surface area contributed by atoms with Crippen molar-refractivity contribution in [1.29, 1.82) is 0 Å². The highest BCUT2D eigenvalue weighted by molar-refractivity contribution is 6.06. The van der Waals surface area contributed by atoms with E-state index in [0.29, 0.717) is 28.8 Å². The summed E-state index contributed by atoms with van der Waals surface area (Å²) in [7, 11) is 1.55. The van der Waals surface area contributed by atoms with Crippen molar-refractivity contribution < 1.29 is 13.9 Å². The van der Waals surface area contributed by atoms with E-state index in [1.54, 1.807) is 19.2 Å². The summed E-state index contributed by atoms with van der Waals surface area (Å²) in [6.45, 7) is 6.25. The molecule has 5 heteroatoms. The molecule has 1 amide bonds. The van der Waals surface area contributed by atoms with Crippen LogP contribution in [0.15, 0.2) is 65.1 Å². The van der Waals surface area contributed by atoms with Gasteiger partial charge >= 0.3 is 0 Å². The minimum Gasteiger partial charge on any atom is -0.496 e. The number of methoxy groups -OCH3 is 1. The highest BCUT2D eigenvalue weighted by Gasteiger charge is 2.15. The molecule has 0 unspecified atom stereocenters. The minimum absolute atomic E-state index is 0.230. The van der Waals surface area contributed by atoms with Gasteiger partial charge in [-0.3, -0.25) is 4.79 Å². The van der Waals surface area contributed by atoms with Crippen LogP contribution < -0.4 is 10.1 Å². The minimum atomic E-state index is -0.230. The number of carbonyl (C=O) groups excluding carboxylic acids is 1. The highest BCUT2D eigenvalue weighted by atomic mass is 16.5. The molecule has 4 aromatic rings. The molecule has 0 aliphatic carbocycles. The number of rotatable bonds is 5. The maximum absolute atomic E-state index is 12.8. The fourth-order valence-corrected chi connectivity index (χ4v) is 3.34. The summed E-state index contributed by atoms with van der Waals surface area (Å²) in [4.78, 5) is 17.5. The summed E-state index contributed by atoms with van der Waals surface area (Å²) < 4.78 is 11.3. The molecule has 5 nitrogen and oxygen atoms in total. The third-order valence-electron chi connectivity index (χ3n) is 5.16. The fraction of sp³-hybridized carbons (Fsp3) is 0.200. The smallest absolute Gasteiger partial charge is 0.259 e. The number of carbonyl (C=O) groups is 1. The zero-order chi connectivity index (χ0) is 21.3. The van der Waals surface area contributed by atoms with Gasteiger partial charge in [-0.1, -0.05) is 38.1 Å². The van der Waals surface area contributed by atoms with Crippen LogP contribution in [0.25, 0.3) is 22.6 Å². The van der Waals surface area contributed by atoms with Gasteiger partial charge in [0, 0.05) is 11.3 Å². The number of nitrogens with one attached hydrogen (secondary N) is 1. The third-order valence-corrected chi connectivity index (χ3v) is 5.16. The SMILES string of the molecule is COc1ccccc1C(=O)Nc1cc(-c2nc3cc(C(C)C)ccc3o2)ccc1C. The Morgan fingerprint density at radius 3 is 2.63 bits per heavy atom. The maximum Gasteiger partial charge on any atom is 0.259 e. The fourth-order valence-electron chi connectivity index (χ4n) is 3.34. The molecule has 3 aromatic carbocycles. The lowest BCUT2D eigenvalue weighted by atomic mass is 10.0. The van der Waals surface area contributed by atoms with Crippen molar-refractivity contribution in [2.24, 2.45) is 0 Å². The zero-order valence-corrected chi connectivity index (χ0v) is 17.5. The molecule has 0 saturated carbocycles. The topological polar surface area (TPSA) is 64.4 Å². The van der Waals surface area contributed by atoms with E-state index in [1.807, 2.05) is 43.3 Å². The number of oxazole rings is 1. The van der Waals surface area contributed by atoms with E-state index < -0.39 is 0 Å². The molecule has 0 aliphatic rings. The number of ether oxygens (including phenoxy) is 1. The Morgan fingerprint density at radius 1 is 1.07 bits per heavy atom. The van der Waals surface area contributed by atoms with Crippen LogP contribution in [0.1, 0.15) is 41.3 Å². The van der Waals surface area contributed by atoms with Crippen LogP contribution in [0.2, 0.25) is 0 Å². The molecule has 0 aliphatic heterocycles. The van der Waals surface area contributed by atoms with E-state index in [2.05, 4.69) is 36.3 Å². The number of nitrogens with zero attached hydrogens (tertiary/aromatic N) is 1. The van der Waals surface area contributed by atoms with Crippen molar-refractivity contribution in [3.05, 3.63) is 77.4 Å². The van der Waals surface area contributed by atoms with E-state index in [-0.39, 0.29) is 5.91 Å². The molecule has 0 spiro atoms. The zero-order valence-electron chi connectivity index (χ0n) is 17.5. The molecule has 1 heterocycles. The van der Waals surface area contributed by atoms with Crippen molar-refractivity contribution in [3.8, 4) is 17.2 Å². The van der Waals surface area contributed by atoms with Crippen LogP contribution in [-0.4, -0.2) is 18.0 Å². The summed E-state index contributed by atoms with van der Waals surface area (Å²) in [5.74, 6) is 1.25. The molecule has 0 radical (unpaired) electrons. The van der Waals surface area contributed by atoms with E-state index in [0.717, 1.165) is 22.2 Å². The van der Waals surface area contributed by atoms with Crippen LogP contribution in [0.5, 0.6) is 5.75 Å². The Hall–Kier alpha value is -3.60. The Balaban J connectivity index is 1.66. The summed E-state index contributed by atoms with van der Waals surface area (Å²) in [5, 5.41) is 2.98. The van der Waals surface area contributed by atoms with Crippen molar-refractivity contribution in [3.63, 3.8) is 0 Å². The number of amides is 1. The number of aromatic nitrogens is 1. The van der Waals surface area contributed by atoms with Gasteiger partial charge in [-0.15, -0.1) is 0 Å². The summed E-state index contributed by atoms with van der Waals surface area (Å²) in [6.07, 6.45) is 0. The van der Waals surface area contributed by atoms with Gasteiger partial charge in [0.15, 0.2) is 5.58 Å². The van der Waals surface area contributed by atoms with Crippen LogP contribution in [-0.2, 0) is 0 Å². The van der Waals surface area contributed by atoms with Crippen molar-refractivity contribution in [1.82, 2.24) is 4.98 Å². The van der Waals surface area contributed by atoms with Gasteiger partial charge in [0.1, 0.15) is 11.3 Å². The number of aryl methyl sites for hydroxylation is 1. The van der Waals surface area contributed by atoms with Crippen LogP contribution in [0.4, 0.5) is 5.69 Å². The second kappa shape index (κ2) is 8.03. The van der Waals surface area contributed by atoms with Crippen molar-refractivity contribution >= 4 is 22.7 Å². The number of para-hydroxylation sites is 1. The lowest BCUT2D eigenvalue weighted by Crippen LogP contribution is -2.14. The average molecular weight is 400 g/mol. The third kappa shape index (κ3) is 3.79. The Bertz CT molecular complexity index is 1220. The molecule has 0 atom stereocenters. The molecular formula is C25H24N2O3. The normalized spacial score (nSPS) is 11.1. The van der Waals surface area contributed by atoms with Gasteiger partial charge in [0.25, 0.3) is 5.91 Å². The summed E-state index contributed by atoms with van der Waals surface area (Å²) >= 11 is 0. The van der Waals surface area contributed by atoms with Gasteiger partial charge in [-0.05, 0) is 60.4 Å². The monoisotopic (exact) mass is 400 g/mol. The average Bonchev–Trinajstić information content (AvgIpc) is 3.18. The second-order valence-corrected chi connectivity index (χ2v) is 7.58. The van der Waals surface area contributed by atoms with E-state index in [9.17, 15) is 4.79 Å². The molecule has 0 fully saturated rings. The summed E-state index contributed by atoms with van der Waals surface area (Å²) in [5.41, 5.74) is 5.72. The van der Waals surface area contributed by atoms with Gasteiger partial charge in [-0.2, -0.15) is 0 Å². The van der Waals surface area contributed by atoms with Gasteiger partial charge < -0.3 is 14.5 Å². The van der Waals surface area contributed by atoms with E-state index in [1.165, 1.54) is 5.56 Å². The number of hydrogen-bond acceptors (Lipinski definition) is 4. The van der Waals surface area contributed by atoms with E-state index >= 15 is 0 Å². The number of anilines is 1. The molecule has 30 heavy (non-hydrogen) atoms. The quantitative estimate of drug-likeness (QED) is 0.434. The van der Waals surface area contributed by atoms with Crippen LogP contribution >= 0.6 is 0 Å². The van der Waals surface area contributed by atoms with Gasteiger partial charge in [-0.25, -0.2) is 4.98 Å². The molecule has 0 bridgehead atoms. The Kier molecular flexibility index (Phi) is 5.27.